The fourth-order valence-electron chi connectivity index (χ4n) is 3.26. The molecule has 1 saturated heterocycles. The number of aromatic hydroxyl groups is 1. The Morgan fingerprint density at radius 2 is 1.53 bits per heavy atom. The Hall–Kier alpha value is -4.24. The minimum atomic E-state index is -0.313. The Morgan fingerprint density at radius 3 is 2.00 bits per heavy atom. The van der Waals surface area contributed by atoms with E-state index in [2.05, 4.69) is 5.73 Å². The number of ether oxygens (including phenoxy) is 1. The van der Waals surface area contributed by atoms with Crippen LogP contribution in [0.3, 0.4) is 0 Å². The number of nitrogens with zero attached hydrogens (tertiary/aromatic N) is 1. The number of likely N-dealkylation sites (tertiary alicyclic amines) is 1. The summed E-state index contributed by atoms with van der Waals surface area (Å²) in [5.74, 6) is 1.14. The van der Waals surface area contributed by atoms with Crippen molar-refractivity contribution in [3.8, 4) is 17.2 Å². The van der Waals surface area contributed by atoms with Crippen LogP contribution in [0, 0.1) is 5.82 Å². The Balaban J connectivity index is 0.000000450. The van der Waals surface area contributed by atoms with Crippen molar-refractivity contribution < 1.29 is 33.7 Å². The van der Waals surface area contributed by atoms with Crippen LogP contribution in [-0.2, 0) is 20.8 Å². The molecule has 0 aromatic heterocycles. The molecule has 1 fully saturated rings. The summed E-state index contributed by atoms with van der Waals surface area (Å²) in [6.45, 7) is 0.647. The van der Waals surface area contributed by atoms with Crippen molar-refractivity contribution in [2.45, 2.75) is 25.3 Å². The predicted molar refractivity (Wildman–Crippen MR) is 134 cm³/mol. The fraction of sp³-hybridized carbons (Fsp3) is 0.222. The van der Waals surface area contributed by atoms with Crippen LogP contribution in [0.5, 0.6) is 17.2 Å². The molecule has 8 nitrogen and oxygen atoms in total. The standard InChI is InChI=1S/C19H18FNO3.C6H6O.CH3NO.CH4O/c20-15-5-9-18(10-6-15)24-17-7-3-14(4-8-17)12-19(23)21-11-1-2-16(21)13-22;7-6-4-2-1-3-5-6;2-1-3;1-2/h3-10,13,16H,1-2,11-12H2;1-5,7H;1H,(H2,2,3);2H,1H3. The zero-order chi connectivity index (χ0) is 26.8. The lowest BCUT2D eigenvalue weighted by atomic mass is 10.1. The average molecular weight is 499 g/mol. The summed E-state index contributed by atoms with van der Waals surface area (Å²) in [5, 5.41) is 15.6. The van der Waals surface area contributed by atoms with Crippen LogP contribution in [0.2, 0.25) is 0 Å². The van der Waals surface area contributed by atoms with Gasteiger partial charge in [0.15, 0.2) is 0 Å². The molecule has 0 spiro atoms. The van der Waals surface area contributed by atoms with E-state index in [0.29, 0.717) is 23.8 Å². The normalized spacial score (nSPS) is 13.4. The number of hydrogen-bond donors (Lipinski definition) is 3. The van der Waals surface area contributed by atoms with Crippen molar-refractivity contribution in [3.63, 3.8) is 0 Å². The van der Waals surface area contributed by atoms with Crippen LogP contribution in [0.4, 0.5) is 4.39 Å². The predicted octanol–water partition coefficient (Wildman–Crippen LogP) is 3.45. The highest BCUT2D eigenvalue weighted by Gasteiger charge is 2.27. The number of aliphatic hydroxyl groups is 1. The van der Waals surface area contributed by atoms with E-state index < -0.39 is 0 Å². The molecule has 3 aromatic carbocycles. The number of hydrogen-bond acceptors (Lipinski definition) is 6. The van der Waals surface area contributed by atoms with Gasteiger partial charge in [0, 0.05) is 13.7 Å². The highest BCUT2D eigenvalue weighted by atomic mass is 19.1. The van der Waals surface area contributed by atoms with Crippen LogP contribution in [0.1, 0.15) is 18.4 Å². The minimum absolute atomic E-state index is 0.0307. The monoisotopic (exact) mass is 498 g/mol. The zero-order valence-corrected chi connectivity index (χ0v) is 20.0. The second kappa shape index (κ2) is 17.2. The third-order valence-electron chi connectivity index (χ3n) is 4.86. The highest BCUT2D eigenvalue weighted by Crippen LogP contribution is 2.23. The number of halogens is 1. The molecule has 36 heavy (non-hydrogen) atoms. The number of phenols is 1. The summed E-state index contributed by atoms with van der Waals surface area (Å²) in [7, 11) is 1.00. The van der Waals surface area contributed by atoms with Gasteiger partial charge in [-0.25, -0.2) is 4.39 Å². The zero-order valence-electron chi connectivity index (χ0n) is 20.0. The van der Waals surface area contributed by atoms with Crippen molar-refractivity contribution in [2.75, 3.05) is 13.7 Å². The lowest BCUT2D eigenvalue weighted by Gasteiger charge is -2.20. The number of aliphatic hydroxyl groups excluding tert-OH is 1. The van der Waals surface area contributed by atoms with E-state index in [0.717, 1.165) is 31.8 Å². The van der Waals surface area contributed by atoms with E-state index in [1.807, 2.05) is 18.2 Å². The molecular formula is C27H31FN2O6. The average Bonchev–Trinajstić information content (AvgIpc) is 3.38. The molecule has 9 heteroatoms. The van der Waals surface area contributed by atoms with Gasteiger partial charge in [0.05, 0.1) is 12.5 Å². The first-order valence-electron chi connectivity index (χ1n) is 11.1. The van der Waals surface area contributed by atoms with E-state index in [1.165, 1.54) is 12.1 Å². The van der Waals surface area contributed by atoms with Gasteiger partial charge in [0.1, 0.15) is 29.4 Å². The first-order chi connectivity index (χ1) is 17.5. The maximum absolute atomic E-state index is 12.9. The van der Waals surface area contributed by atoms with Gasteiger partial charge in [-0.05, 0) is 66.9 Å². The summed E-state index contributed by atoms with van der Waals surface area (Å²) in [5.41, 5.74) is 5.03. The quantitative estimate of drug-likeness (QED) is 0.462. The maximum Gasteiger partial charge on any atom is 0.227 e. The molecule has 2 amide bonds. The molecule has 1 unspecified atom stereocenters. The van der Waals surface area contributed by atoms with Crippen LogP contribution >= 0.6 is 0 Å². The molecule has 0 bridgehead atoms. The molecule has 0 saturated carbocycles. The van der Waals surface area contributed by atoms with Crippen molar-refractivity contribution in [1.82, 2.24) is 4.90 Å². The number of aldehydes is 1. The highest BCUT2D eigenvalue weighted by molar-refractivity contribution is 5.82. The Labute approximate surface area is 209 Å². The molecule has 1 heterocycles. The number of primary amides is 1. The third-order valence-corrected chi connectivity index (χ3v) is 4.86. The minimum Gasteiger partial charge on any atom is -0.508 e. The number of carbonyl (C=O) groups excluding carboxylic acids is 3. The smallest absolute Gasteiger partial charge is 0.227 e. The number of carbonyl (C=O) groups is 3. The summed E-state index contributed by atoms with van der Waals surface area (Å²) in [6.07, 6.45) is 2.99. The van der Waals surface area contributed by atoms with E-state index in [1.54, 1.807) is 53.4 Å². The molecule has 4 rings (SSSR count). The maximum atomic E-state index is 12.9. The fourth-order valence-corrected chi connectivity index (χ4v) is 3.26. The van der Waals surface area contributed by atoms with Crippen molar-refractivity contribution >= 4 is 18.6 Å². The van der Waals surface area contributed by atoms with E-state index in [9.17, 15) is 14.0 Å². The number of rotatable bonds is 5. The molecule has 1 aliphatic heterocycles. The first-order valence-corrected chi connectivity index (χ1v) is 11.1. The molecular weight excluding hydrogens is 467 g/mol. The number of phenolic OH excluding ortho intramolecular Hbond substituents is 1. The van der Waals surface area contributed by atoms with Crippen LogP contribution in [0.25, 0.3) is 0 Å². The molecule has 1 aliphatic rings. The van der Waals surface area contributed by atoms with Crippen molar-refractivity contribution in [1.29, 1.82) is 0 Å². The summed E-state index contributed by atoms with van der Waals surface area (Å²) in [6, 6.07) is 21.4. The van der Waals surface area contributed by atoms with Gasteiger partial charge >= 0.3 is 0 Å². The van der Waals surface area contributed by atoms with E-state index in [4.69, 9.17) is 19.7 Å². The van der Waals surface area contributed by atoms with Crippen LogP contribution in [-0.4, -0.2) is 53.4 Å². The summed E-state index contributed by atoms with van der Waals surface area (Å²) >= 11 is 0. The molecule has 192 valence electrons. The Kier molecular flexibility index (Phi) is 14.3. The van der Waals surface area contributed by atoms with Crippen molar-refractivity contribution in [3.05, 3.63) is 90.2 Å². The topological polar surface area (TPSA) is 130 Å². The van der Waals surface area contributed by atoms with Gasteiger partial charge in [0.2, 0.25) is 12.3 Å². The Morgan fingerprint density at radius 1 is 1.00 bits per heavy atom. The lowest BCUT2D eigenvalue weighted by molar-refractivity contribution is -0.133. The molecule has 4 N–H and O–H groups in total. The number of amides is 2. The largest absolute Gasteiger partial charge is 0.508 e. The van der Waals surface area contributed by atoms with Crippen molar-refractivity contribution in [2.24, 2.45) is 5.73 Å². The van der Waals surface area contributed by atoms with Gasteiger partial charge in [0.25, 0.3) is 0 Å². The van der Waals surface area contributed by atoms with Gasteiger partial charge < -0.3 is 30.4 Å². The number of nitrogens with two attached hydrogens (primary N) is 1. The second-order valence-electron chi connectivity index (χ2n) is 7.28. The third kappa shape index (κ3) is 10.8. The van der Waals surface area contributed by atoms with Crippen LogP contribution in [0.15, 0.2) is 78.9 Å². The van der Waals surface area contributed by atoms with Gasteiger partial charge in [-0.3, -0.25) is 9.59 Å². The Bertz CT molecular complexity index is 1030. The van der Waals surface area contributed by atoms with Gasteiger partial charge in [-0.15, -0.1) is 0 Å². The number of benzene rings is 3. The second-order valence-corrected chi connectivity index (χ2v) is 7.28. The van der Waals surface area contributed by atoms with Gasteiger partial charge in [-0.2, -0.15) is 0 Å². The van der Waals surface area contributed by atoms with Crippen LogP contribution < -0.4 is 10.5 Å². The van der Waals surface area contributed by atoms with E-state index in [-0.39, 0.29) is 30.6 Å². The summed E-state index contributed by atoms with van der Waals surface area (Å²) < 4.78 is 18.5. The first kappa shape index (κ1) is 29.8. The number of para-hydroxylation sites is 1. The molecule has 1 atom stereocenters. The SMILES string of the molecule is CO.NC=O.O=CC1CCCN1C(=O)Cc1ccc(Oc2ccc(F)cc2)cc1.Oc1ccccc1. The molecule has 0 aliphatic carbocycles. The summed E-state index contributed by atoms with van der Waals surface area (Å²) in [4.78, 5) is 33.5. The lowest BCUT2D eigenvalue weighted by Crippen LogP contribution is -2.37. The molecule has 3 aromatic rings. The molecule has 0 radical (unpaired) electrons. The van der Waals surface area contributed by atoms with E-state index >= 15 is 0 Å². The van der Waals surface area contributed by atoms with Gasteiger partial charge in [-0.1, -0.05) is 30.3 Å².